The Bertz CT molecular complexity index is 485. The summed E-state index contributed by atoms with van der Waals surface area (Å²) in [6.45, 7) is 2.91. The fourth-order valence-corrected chi connectivity index (χ4v) is 2.50. The highest BCUT2D eigenvalue weighted by atomic mass is 19.1. The Morgan fingerprint density at radius 3 is 2.79 bits per heavy atom. The monoisotopic (exact) mass is 340 g/mol. The maximum atomic E-state index is 12.9. The normalized spacial score (nSPS) is 18.8. The molecule has 134 valence electrons. The van der Waals surface area contributed by atoms with Crippen LogP contribution >= 0.6 is 0 Å². The number of carbonyl (C=O) groups is 1. The van der Waals surface area contributed by atoms with Crippen LogP contribution in [0.1, 0.15) is 39.0 Å². The van der Waals surface area contributed by atoms with Crippen LogP contribution in [0.2, 0.25) is 0 Å². The van der Waals surface area contributed by atoms with Crippen LogP contribution in [0.3, 0.4) is 0 Å². The van der Waals surface area contributed by atoms with Gasteiger partial charge >= 0.3 is 5.97 Å². The summed E-state index contributed by atoms with van der Waals surface area (Å²) < 4.78 is 34.9. The SMILES string of the molecule is CC(=O)O[C@@H](CCCO[C@H]1CCCCO1)COc1ccc(F)cc1. The third kappa shape index (κ3) is 7.27. The molecule has 0 bridgehead atoms. The summed E-state index contributed by atoms with van der Waals surface area (Å²) in [6, 6.07) is 5.75. The van der Waals surface area contributed by atoms with Crippen LogP contribution in [0.4, 0.5) is 4.39 Å². The fraction of sp³-hybridized carbons (Fsp3) is 0.611. The van der Waals surface area contributed by atoms with Crippen LogP contribution in [0, 0.1) is 5.82 Å². The Labute approximate surface area is 142 Å². The number of hydrogen-bond donors (Lipinski definition) is 0. The molecule has 0 N–H and O–H groups in total. The molecule has 1 heterocycles. The minimum Gasteiger partial charge on any atom is -0.490 e. The van der Waals surface area contributed by atoms with E-state index in [1.165, 1.54) is 19.1 Å². The number of ether oxygens (including phenoxy) is 4. The van der Waals surface area contributed by atoms with Gasteiger partial charge in [-0.1, -0.05) is 0 Å². The second kappa shape index (κ2) is 10.3. The van der Waals surface area contributed by atoms with Crippen molar-refractivity contribution in [3.63, 3.8) is 0 Å². The molecule has 0 amide bonds. The van der Waals surface area contributed by atoms with Crippen molar-refractivity contribution in [2.24, 2.45) is 0 Å². The highest BCUT2D eigenvalue weighted by Crippen LogP contribution is 2.16. The summed E-state index contributed by atoms with van der Waals surface area (Å²) >= 11 is 0. The Morgan fingerprint density at radius 2 is 2.12 bits per heavy atom. The van der Waals surface area contributed by atoms with Gasteiger partial charge in [-0.25, -0.2) is 4.39 Å². The van der Waals surface area contributed by atoms with Crippen molar-refractivity contribution < 1.29 is 28.1 Å². The first-order valence-corrected chi connectivity index (χ1v) is 8.42. The first kappa shape index (κ1) is 18.7. The average Bonchev–Trinajstić information content (AvgIpc) is 2.58. The van der Waals surface area contributed by atoms with E-state index < -0.39 is 0 Å². The predicted molar refractivity (Wildman–Crippen MR) is 86.2 cm³/mol. The van der Waals surface area contributed by atoms with Crippen LogP contribution in [-0.4, -0.2) is 38.2 Å². The molecular formula is C18H25FO5. The number of benzene rings is 1. The van der Waals surface area contributed by atoms with E-state index in [2.05, 4.69) is 0 Å². The molecule has 0 aromatic heterocycles. The molecule has 1 saturated heterocycles. The van der Waals surface area contributed by atoms with Gasteiger partial charge in [0.05, 0.1) is 0 Å². The minimum absolute atomic E-state index is 0.110. The molecule has 2 atom stereocenters. The molecule has 1 aromatic carbocycles. The molecule has 1 aliphatic heterocycles. The molecule has 0 unspecified atom stereocenters. The topological polar surface area (TPSA) is 54.0 Å². The zero-order valence-electron chi connectivity index (χ0n) is 14.0. The first-order valence-electron chi connectivity index (χ1n) is 8.42. The highest BCUT2D eigenvalue weighted by Gasteiger charge is 2.16. The minimum atomic E-state index is -0.358. The number of carbonyl (C=O) groups excluding carboxylic acids is 1. The Kier molecular flexibility index (Phi) is 7.98. The smallest absolute Gasteiger partial charge is 0.303 e. The third-order valence-corrected chi connectivity index (χ3v) is 3.69. The summed E-state index contributed by atoms with van der Waals surface area (Å²) in [7, 11) is 0. The standard InChI is InChI=1S/C18H25FO5/c1-14(20)24-17(13-23-16-9-7-15(19)8-10-16)5-4-12-22-18-6-2-3-11-21-18/h7-10,17-18H,2-6,11-13H2,1H3/t17-,18-/m0/s1. The van der Waals surface area contributed by atoms with E-state index >= 15 is 0 Å². The van der Waals surface area contributed by atoms with E-state index in [4.69, 9.17) is 18.9 Å². The van der Waals surface area contributed by atoms with Gasteiger partial charge in [0.15, 0.2) is 6.29 Å². The van der Waals surface area contributed by atoms with Gasteiger partial charge in [-0.15, -0.1) is 0 Å². The second-order valence-corrected chi connectivity index (χ2v) is 5.81. The lowest BCUT2D eigenvalue weighted by atomic mass is 10.2. The summed E-state index contributed by atoms with van der Waals surface area (Å²) in [6.07, 6.45) is 4.06. The fourth-order valence-electron chi connectivity index (χ4n) is 2.50. The van der Waals surface area contributed by atoms with Crippen LogP contribution in [-0.2, 0) is 19.0 Å². The maximum absolute atomic E-state index is 12.9. The van der Waals surface area contributed by atoms with Gasteiger partial charge < -0.3 is 18.9 Å². The van der Waals surface area contributed by atoms with E-state index in [-0.39, 0.29) is 30.8 Å². The van der Waals surface area contributed by atoms with Gasteiger partial charge in [0.2, 0.25) is 0 Å². The average molecular weight is 340 g/mol. The Hall–Kier alpha value is -1.66. The molecule has 6 heteroatoms. The molecule has 5 nitrogen and oxygen atoms in total. The van der Waals surface area contributed by atoms with E-state index in [0.29, 0.717) is 18.8 Å². The molecule has 0 aliphatic carbocycles. The van der Waals surface area contributed by atoms with Crippen LogP contribution in [0.15, 0.2) is 24.3 Å². The molecule has 24 heavy (non-hydrogen) atoms. The third-order valence-electron chi connectivity index (χ3n) is 3.69. The number of esters is 1. The number of halogens is 1. The number of hydrogen-bond acceptors (Lipinski definition) is 5. The van der Waals surface area contributed by atoms with Crippen molar-refractivity contribution in [3.8, 4) is 5.75 Å². The van der Waals surface area contributed by atoms with Crippen molar-refractivity contribution in [1.82, 2.24) is 0 Å². The van der Waals surface area contributed by atoms with Crippen LogP contribution in [0.25, 0.3) is 0 Å². The first-order chi connectivity index (χ1) is 11.6. The van der Waals surface area contributed by atoms with Gasteiger partial charge in [-0.05, 0) is 56.4 Å². The van der Waals surface area contributed by atoms with Crippen molar-refractivity contribution in [3.05, 3.63) is 30.1 Å². The molecule has 0 saturated carbocycles. The lowest BCUT2D eigenvalue weighted by molar-refractivity contribution is -0.165. The zero-order chi connectivity index (χ0) is 17.2. The summed E-state index contributed by atoms with van der Waals surface area (Å²) in [5.41, 5.74) is 0. The Balaban J connectivity index is 1.69. The van der Waals surface area contributed by atoms with Crippen molar-refractivity contribution in [2.75, 3.05) is 19.8 Å². The van der Waals surface area contributed by atoms with Crippen molar-refractivity contribution in [1.29, 1.82) is 0 Å². The lowest BCUT2D eigenvalue weighted by Gasteiger charge is -2.23. The van der Waals surface area contributed by atoms with Crippen molar-refractivity contribution >= 4 is 5.97 Å². The van der Waals surface area contributed by atoms with E-state index in [0.717, 1.165) is 32.3 Å². The van der Waals surface area contributed by atoms with E-state index in [1.54, 1.807) is 12.1 Å². The maximum Gasteiger partial charge on any atom is 0.303 e. The largest absolute Gasteiger partial charge is 0.490 e. The number of rotatable bonds is 9. The second-order valence-electron chi connectivity index (χ2n) is 5.81. The summed E-state index contributed by atoms with van der Waals surface area (Å²) in [4.78, 5) is 11.2. The predicted octanol–water partition coefficient (Wildman–Crippen LogP) is 3.46. The van der Waals surface area contributed by atoms with Crippen molar-refractivity contribution in [2.45, 2.75) is 51.4 Å². The van der Waals surface area contributed by atoms with E-state index in [9.17, 15) is 9.18 Å². The van der Waals surface area contributed by atoms with Gasteiger partial charge in [0.1, 0.15) is 24.3 Å². The lowest BCUT2D eigenvalue weighted by Crippen LogP contribution is -2.26. The molecular weight excluding hydrogens is 315 g/mol. The molecule has 1 fully saturated rings. The van der Waals surface area contributed by atoms with Gasteiger partial charge in [0, 0.05) is 20.1 Å². The molecule has 0 radical (unpaired) electrons. The van der Waals surface area contributed by atoms with Gasteiger partial charge in [-0.3, -0.25) is 4.79 Å². The Morgan fingerprint density at radius 1 is 1.33 bits per heavy atom. The zero-order valence-corrected chi connectivity index (χ0v) is 14.0. The quantitative estimate of drug-likeness (QED) is 0.509. The van der Waals surface area contributed by atoms with Crippen LogP contribution < -0.4 is 4.74 Å². The van der Waals surface area contributed by atoms with Gasteiger partial charge in [-0.2, -0.15) is 0 Å². The molecule has 0 spiro atoms. The molecule has 1 aliphatic rings. The highest BCUT2D eigenvalue weighted by molar-refractivity contribution is 5.66. The van der Waals surface area contributed by atoms with E-state index in [1.807, 2.05) is 0 Å². The summed E-state index contributed by atoms with van der Waals surface area (Å²) in [5, 5.41) is 0. The molecule has 1 aromatic rings. The summed E-state index contributed by atoms with van der Waals surface area (Å²) in [5.74, 6) is -0.124. The molecule has 2 rings (SSSR count). The van der Waals surface area contributed by atoms with Crippen LogP contribution in [0.5, 0.6) is 5.75 Å². The van der Waals surface area contributed by atoms with Gasteiger partial charge in [0.25, 0.3) is 0 Å².